The first-order valence-electron chi connectivity index (χ1n) is 9.02. The van der Waals surface area contributed by atoms with Gasteiger partial charge in [-0.25, -0.2) is 14.8 Å². The van der Waals surface area contributed by atoms with Crippen molar-refractivity contribution in [3.63, 3.8) is 0 Å². The molecule has 4 rings (SSSR count). The molecule has 0 aromatic carbocycles. The number of fused-ring (bicyclic) bond motifs is 1. The molecule has 1 saturated heterocycles. The lowest BCUT2D eigenvalue weighted by Gasteiger charge is -2.34. The maximum atomic E-state index is 12.8. The molecular weight excluding hydrogens is 362 g/mol. The van der Waals surface area contributed by atoms with Gasteiger partial charge in [0.25, 0.3) is 5.56 Å². The lowest BCUT2D eigenvalue weighted by molar-refractivity contribution is -0.132. The lowest BCUT2D eigenvalue weighted by atomic mass is 10.3. The molecule has 1 aliphatic rings. The molecule has 0 radical (unpaired) electrons. The topological polar surface area (TPSA) is 98.3 Å². The number of carbonyl (C=O) groups excluding carboxylic acids is 1. The van der Waals surface area contributed by atoms with Crippen molar-refractivity contribution in [1.82, 2.24) is 28.6 Å². The predicted octanol–water partition coefficient (Wildman–Crippen LogP) is -0.822. The Balaban J connectivity index is 1.51. The summed E-state index contributed by atoms with van der Waals surface area (Å²) in [4.78, 5) is 49.6. The molecule has 4 heterocycles. The van der Waals surface area contributed by atoms with Crippen LogP contribution in [0.2, 0.25) is 0 Å². The quantitative estimate of drug-likeness (QED) is 0.586. The summed E-state index contributed by atoms with van der Waals surface area (Å²) in [7, 11) is 3.05. The number of aryl methyl sites for hydroxylation is 1. The summed E-state index contributed by atoms with van der Waals surface area (Å²) in [6.07, 6.45) is 5.08. The third-order valence-electron chi connectivity index (χ3n) is 5.13. The molecule has 1 aliphatic heterocycles. The summed E-state index contributed by atoms with van der Waals surface area (Å²) in [5.74, 6) is 0.608. The van der Waals surface area contributed by atoms with Gasteiger partial charge in [-0.05, 0) is 12.1 Å². The van der Waals surface area contributed by atoms with Crippen LogP contribution >= 0.6 is 0 Å². The zero-order valence-electron chi connectivity index (χ0n) is 15.8. The summed E-state index contributed by atoms with van der Waals surface area (Å²) >= 11 is 0. The largest absolute Gasteiger partial charge is 0.338 e. The zero-order chi connectivity index (χ0) is 19.8. The number of hydrogen-bond donors (Lipinski definition) is 0. The number of amides is 1. The second kappa shape index (κ2) is 6.95. The highest BCUT2D eigenvalue weighted by atomic mass is 16.2. The molecule has 10 heteroatoms. The van der Waals surface area contributed by atoms with E-state index in [1.807, 2.05) is 4.90 Å². The third kappa shape index (κ3) is 2.96. The number of carbonyl (C=O) groups is 1. The molecule has 28 heavy (non-hydrogen) atoms. The van der Waals surface area contributed by atoms with Crippen LogP contribution in [0.25, 0.3) is 11.0 Å². The van der Waals surface area contributed by atoms with Crippen molar-refractivity contribution in [2.24, 2.45) is 14.1 Å². The second-order valence-electron chi connectivity index (χ2n) is 6.80. The molecule has 0 unspecified atom stereocenters. The van der Waals surface area contributed by atoms with Gasteiger partial charge in [0.2, 0.25) is 11.9 Å². The van der Waals surface area contributed by atoms with Crippen molar-refractivity contribution in [3.05, 3.63) is 51.6 Å². The number of rotatable bonds is 3. The van der Waals surface area contributed by atoms with E-state index in [-0.39, 0.29) is 18.0 Å². The molecule has 10 nitrogen and oxygen atoms in total. The van der Waals surface area contributed by atoms with E-state index in [1.54, 1.807) is 47.2 Å². The molecule has 0 bridgehead atoms. The van der Waals surface area contributed by atoms with Crippen LogP contribution in [0.4, 0.5) is 5.95 Å². The Morgan fingerprint density at radius 3 is 2.39 bits per heavy atom. The monoisotopic (exact) mass is 383 g/mol. The van der Waals surface area contributed by atoms with Crippen LogP contribution < -0.4 is 16.1 Å². The predicted molar refractivity (Wildman–Crippen MR) is 103 cm³/mol. The van der Waals surface area contributed by atoms with Gasteiger partial charge in [0.1, 0.15) is 12.2 Å². The van der Waals surface area contributed by atoms with Gasteiger partial charge in [0.05, 0.1) is 5.39 Å². The molecule has 0 N–H and O–H groups in total. The minimum Gasteiger partial charge on any atom is -0.338 e. The van der Waals surface area contributed by atoms with Crippen molar-refractivity contribution >= 4 is 22.9 Å². The fourth-order valence-corrected chi connectivity index (χ4v) is 3.57. The van der Waals surface area contributed by atoms with Crippen LogP contribution in [0, 0.1) is 0 Å². The highest BCUT2D eigenvalue weighted by Crippen LogP contribution is 2.13. The van der Waals surface area contributed by atoms with Crippen LogP contribution in [0.5, 0.6) is 0 Å². The molecule has 0 aliphatic carbocycles. The Hall–Kier alpha value is -3.43. The van der Waals surface area contributed by atoms with Crippen molar-refractivity contribution in [1.29, 1.82) is 0 Å². The molecule has 146 valence electrons. The molecule has 0 saturated carbocycles. The van der Waals surface area contributed by atoms with E-state index in [4.69, 9.17) is 0 Å². The van der Waals surface area contributed by atoms with Crippen molar-refractivity contribution in [2.45, 2.75) is 6.54 Å². The first kappa shape index (κ1) is 18.0. The molecule has 3 aromatic heterocycles. The van der Waals surface area contributed by atoms with Gasteiger partial charge in [0.15, 0.2) is 0 Å². The fraction of sp³-hybridized carbons (Fsp3) is 0.389. The normalized spacial score (nSPS) is 14.6. The molecule has 0 atom stereocenters. The van der Waals surface area contributed by atoms with Crippen molar-refractivity contribution < 1.29 is 4.79 Å². The van der Waals surface area contributed by atoms with Crippen LogP contribution in [-0.2, 0) is 25.4 Å². The Labute approximate surface area is 160 Å². The number of nitrogens with zero attached hydrogens (tertiary/aromatic N) is 7. The smallest absolute Gasteiger partial charge is 0.332 e. The van der Waals surface area contributed by atoms with Gasteiger partial charge in [-0.1, -0.05) is 0 Å². The average molecular weight is 383 g/mol. The van der Waals surface area contributed by atoms with Crippen molar-refractivity contribution in [3.8, 4) is 0 Å². The lowest BCUT2D eigenvalue weighted by Crippen LogP contribution is -2.50. The number of piperazine rings is 1. The maximum Gasteiger partial charge on any atom is 0.332 e. The maximum absolute atomic E-state index is 12.8. The number of aromatic nitrogens is 5. The average Bonchev–Trinajstić information content (AvgIpc) is 3.15. The molecular formula is C18H21N7O3. The SMILES string of the molecule is Cn1c(=O)c2ccn(CC(=O)N3CCN(c4ncccn4)CC3)c2n(C)c1=O. The first-order chi connectivity index (χ1) is 13.5. The Morgan fingerprint density at radius 2 is 1.71 bits per heavy atom. The highest BCUT2D eigenvalue weighted by molar-refractivity contribution is 5.81. The van der Waals surface area contributed by atoms with Gasteiger partial charge in [-0.15, -0.1) is 0 Å². The van der Waals surface area contributed by atoms with Gasteiger partial charge < -0.3 is 14.4 Å². The van der Waals surface area contributed by atoms with E-state index in [0.717, 1.165) is 4.57 Å². The van der Waals surface area contributed by atoms with E-state index >= 15 is 0 Å². The van der Waals surface area contributed by atoms with Gasteiger partial charge in [-0.3, -0.25) is 18.7 Å². The van der Waals surface area contributed by atoms with Gasteiger partial charge >= 0.3 is 5.69 Å². The van der Waals surface area contributed by atoms with E-state index in [9.17, 15) is 14.4 Å². The second-order valence-corrected chi connectivity index (χ2v) is 6.80. The van der Waals surface area contributed by atoms with Crippen LogP contribution in [0.1, 0.15) is 0 Å². The van der Waals surface area contributed by atoms with Crippen LogP contribution in [0.3, 0.4) is 0 Å². The summed E-state index contributed by atoms with van der Waals surface area (Å²) in [5, 5.41) is 0.420. The van der Waals surface area contributed by atoms with Gasteiger partial charge in [-0.2, -0.15) is 0 Å². The van der Waals surface area contributed by atoms with Crippen LogP contribution in [-0.4, -0.2) is 60.7 Å². The Bertz CT molecular complexity index is 1140. The van der Waals surface area contributed by atoms with Crippen LogP contribution in [0.15, 0.2) is 40.3 Å². The molecule has 0 spiro atoms. The van der Waals surface area contributed by atoms with E-state index in [1.165, 1.54) is 11.6 Å². The van der Waals surface area contributed by atoms with Crippen molar-refractivity contribution in [2.75, 3.05) is 31.1 Å². The summed E-state index contributed by atoms with van der Waals surface area (Å²) in [6.45, 7) is 2.52. The Morgan fingerprint density at radius 1 is 1.04 bits per heavy atom. The minimum atomic E-state index is -0.415. The Kier molecular flexibility index (Phi) is 4.46. The minimum absolute atomic E-state index is 0.0562. The summed E-state index contributed by atoms with van der Waals surface area (Å²) in [5.41, 5.74) is -0.320. The summed E-state index contributed by atoms with van der Waals surface area (Å²) < 4.78 is 4.13. The van der Waals surface area contributed by atoms with E-state index in [2.05, 4.69) is 9.97 Å². The first-order valence-corrected chi connectivity index (χ1v) is 9.02. The summed E-state index contributed by atoms with van der Waals surface area (Å²) in [6, 6.07) is 3.42. The van der Waals surface area contributed by atoms with Gasteiger partial charge in [0, 0.05) is 58.9 Å². The van der Waals surface area contributed by atoms with E-state index in [0.29, 0.717) is 43.2 Å². The third-order valence-corrected chi connectivity index (χ3v) is 5.13. The number of hydrogen-bond acceptors (Lipinski definition) is 6. The molecule has 3 aromatic rings. The zero-order valence-corrected chi connectivity index (χ0v) is 15.8. The highest BCUT2D eigenvalue weighted by Gasteiger charge is 2.23. The van der Waals surface area contributed by atoms with E-state index < -0.39 is 5.69 Å². The molecule has 1 amide bonds. The molecule has 1 fully saturated rings. The standard InChI is InChI=1S/C18H21N7O3/c1-21-15-13(16(27)22(2)18(21)28)4-7-25(15)12-14(26)23-8-10-24(11-9-23)17-19-5-3-6-20-17/h3-7H,8-12H2,1-2H3. The fourth-order valence-electron chi connectivity index (χ4n) is 3.57. The number of anilines is 1.